The number of likely N-dealkylation sites (tertiary alicyclic amines) is 1. The highest BCUT2D eigenvalue weighted by atomic mass is 19.1. The van der Waals surface area contributed by atoms with Crippen LogP contribution in [-0.4, -0.2) is 36.2 Å². The van der Waals surface area contributed by atoms with Crippen LogP contribution in [0.15, 0.2) is 23.3 Å². The lowest BCUT2D eigenvalue weighted by Crippen LogP contribution is -2.42. The Morgan fingerprint density at radius 3 is 2.72 bits per heavy atom. The van der Waals surface area contributed by atoms with Gasteiger partial charge in [0.05, 0.1) is 11.4 Å². The van der Waals surface area contributed by atoms with Gasteiger partial charge in [0, 0.05) is 24.5 Å². The van der Waals surface area contributed by atoms with Crippen LogP contribution in [0.4, 0.5) is 20.6 Å². The molecule has 2 rings (SSSR count). The van der Waals surface area contributed by atoms with Gasteiger partial charge in [-0.15, -0.1) is 0 Å². The highest BCUT2D eigenvalue weighted by molar-refractivity contribution is 5.68. The minimum atomic E-state index is -0.502. The molecule has 0 bridgehead atoms. The zero-order valence-corrected chi connectivity index (χ0v) is 14.8. The Labute approximate surface area is 146 Å². The van der Waals surface area contributed by atoms with Crippen molar-refractivity contribution in [3.63, 3.8) is 0 Å². The van der Waals surface area contributed by atoms with E-state index in [4.69, 9.17) is 10.3 Å². The second-order valence-electron chi connectivity index (χ2n) is 7.12. The number of carbonyl (C=O) groups excluding carboxylic acids is 1. The number of nitrogens with one attached hydrogen (secondary N) is 1. The Morgan fingerprint density at radius 1 is 1.44 bits per heavy atom. The molecule has 1 amide bonds. The van der Waals surface area contributed by atoms with Gasteiger partial charge in [-0.1, -0.05) is 17.2 Å². The summed E-state index contributed by atoms with van der Waals surface area (Å²) in [6.45, 7) is 7.31. The van der Waals surface area contributed by atoms with Crippen molar-refractivity contribution in [3.05, 3.63) is 34.5 Å². The number of para-hydroxylation sites is 1. The van der Waals surface area contributed by atoms with E-state index in [2.05, 4.69) is 15.3 Å². The van der Waals surface area contributed by atoms with Crippen LogP contribution < -0.4 is 5.32 Å². The third kappa shape index (κ3) is 5.53. The van der Waals surface area contributed by atoms with Crippen LogP contribution in [0.25, 0.3) is 10.4 Å². The van der Waals surface area contributed by atoms with Gasteiger partial charge in [0.15, 0.2) is 0 Å². The van der Waals surface area contributed by atoms with Gasteiger partial charge in [-0.05, 0) is 51.1 Å². The Morgan fingerprint density at radius 2 is 2.12 bits per heavy atom. The molecule has 0 spiro atoms. The molecule has 7 nitrogen and oxygen atoms in total. The van der Waals surface area contributed by atoms with E-state index in [1.54, 1.807) is 11.0 Å². The monoisotopic (exact) mass is 349 g/mol. The molecule has 25 heavy (non-hydrogen) atoms. The SMILES string of the molecule is CC(C)(C)OC(=O)N1CCC(CNc2c(F)cccc2N=[N+]=[N-])CC1. The van der Waals surface area contributed by atoms with Crippen molar-refractivity contribution < 1.29 is 13.9 Å². The summed E-state index contributed by atoms with van der Waals surface area (Å²) >= 11 is 0. The number of benzene rings is 1. The summed E-state index contributed by atoms with van der Waals surface area (Å²) < 4.78 is 19.3. The Hall–Kier alpha value is -2.47. The number of nitrogens with zero attached hydrogens (tertiary/aromatic N) is 4. The number of ether oxygens (including phenoxy) is 1. The molecular weight excluding hydrogens is 325 g/mol. The molecule has 0 aliphatic carbocycles. The third-order valence-corrected chi connectivity index (χ3v) is 3.98. The summed E-state index contributed by atoms with van der Waals surface area (Å²) in [4.78, 5) is 16.5. The van der Waals surface area contributed by atoms with E-state index in [9.17, 15) is 9.18 Å². The van der Waals surface area contributed by atoms with Crippen molar-refractivity contribution in [1.82, 2.24) is 4.90 Å². The van der Waals surface area contributed by atoms with Crippen molar-refractivity contribution in [2.75, 3.05) is 25.0 Å². The third-order valence-electron chi connectivity index (χ3n) is 3.98. The number of azide groups is 1. The summed E-state index contributed by atoms with van der Waals surface area (Å²) in [5.74, 6) is -0.145. The minimum Gasteiger partial charge on any atom is -0.444 e. The molecule has 1 heterocycles. The standard InChI is InChI=1S/C17H24FN5O2/c1-17(2,3)25-16(24)23-9-7-12(8-10-23)11-20-15-13(18)5-4-6-14(15)21-22-19/h4-6,12,20H,7-11H2,1-3H3. The molecule has 0 unspecified atom stereocenters. The quantitative estimate of drug-likeness (QED) is 0.479. The van der Waals surface area contributed by atoms with Gasteiger partial charge in [-0.25, -0.2) is 9.18 Å². The van der Waals surface area contributed by atoms with Crippen LogP contribution in [0.1, 0.15) is 33.6 Å². The molecule has 0 aromatic heterocycles. The summed E-state index contributed by atoms with van der Waals surface area (Å²) in [5.41, 5.74) is 8.53. The first-order chi connectivity index (χ1) is 11.8. The lowest BCUT2D eigenvalue weighted by Gasteiger charge is -2.33. The molecule has 0 saturated carbocycles. The highest BCUT2D eigenvalue weighted by Gasteiger charge is 2.26. The van der Waals surface area contributed by atoms with Crippen LogP contribution in [0.2, 0.25) is 0 Å². The lowest BCUT2D eigenvalue weighted by molar-refractivity contribution is 0.0188. The fourth-order valence-corrected chi connectivity index (χ4v) is 2.71. The topological polar surface area (TPSA) is 90.3 Å². The first-order valence-electron chi connectivity index (χ1n) is 8.35. The normalized spacial score (nSPS) is 15.4. The number of halogens is 1. The fourth-order valence-electron chi connectivity index (χ4n) is 2.71. The molecular formula is C17H24FN5O2. The number of anilines is 1. The second-order valence-corrected chi connectivity index (χ2v) is 7.12. The average molecular weight is 349 g/mol. The largest absolute Gasteiger partial charge is 0.444 e. The van der Waals surface area contributed by atoms with Crippen LogP contribution in [0, 0.1) is 11.7 Å². The van der Waals surface area contributed by atoms with E-state index in [0.717, 1.165) is 12.8 Å². The summed E-state index contributed by atoms with van der Waals surface area (Å²) in [5, 5.41) is 6.55. The Bertz CT molecular complexity index is 659. The van der Waals surface area contributed by atoms with E-state index in [1.807, 2.05) is 20.8 Å². The van der Waals surface area contributed by atoms with Crippen LogP contribution >= 0.6 is 0 Å². The maximum Gasteiger partial charge on any atom is 0.410 e. The van der Waals surface area contributed by atoms with E-state index < -0.39 is 11.4 Å². The predicted octanol–water partition coefficient (Wildman–Crippen LogP) is 4.83. The molecule has 1 aromatic rings. The molecule has 136 valence electrons. The molecule has 1 N–H and O–H groups in total. The zero-order chi connectivity index (χ0) is 18.4. The van der Waals surface area contributed by atoms with Gasteiger partial charge < -0.3 is 15.0 Å². The maximum absolute atomic E-state index is 13.9. The molecule has 0 atom stereocenters. The number of hydrogen-bond acceptors (Lipinski definition) is 4. The first kappa shape index (κ1) is 18.9. The number of amides is 1. The summed E-state index contributed by atoms with van der Waals surface area (Å²) in [7, 11) is 0. The number of rotatable bonds is 4. The summed E-state index contributed by atoms with van der Waals surface area (Å²) in [6.07, 6.45) is 1.31. The van der Waals surface area contributed by atoms with Crippen molar-refractivity contribution >= 4 is 17.5 Å². The van der Waals surface area contributed by atoms with Gasteiger partial charge in [0.1, 0.15) is 11.4 Å². The van der Waals surface area contributed by atoms with Crippen molar-refractivity contribution in [3.8, 4) is 0 Å². The number of carbonyl (C=O) groups is 1. The molecule has 1 aliphatic rings. The van der Waals surface area contributed by atoms with Crippen molar-refractivity contribution in [2.45, 2.75) is 39.2 Å². The van der Waals surface area contributed by atoms with Crippen LogP contribution in [0.5, 0.6) is 0 Å². The van der Waals surface area contributed by atoms with Crippen molar-refractivity contribution in [2.24, 2.45) is 11.0 Å². The van der Waals surface area contributed by atoms with Crippen LogP contribution in [-0.2, 0) is 4.74 Å². The number of hydrogen-bond donors (Lipinski definition) is 1. The Balaban J connectivity index is 1.87. The molecule has 1 aromatic carbocycles. The second kappa shape index (κ2) is 8.07. The van der Waals surface area contributed by atoms with E-state index in [0.29, 0.717) is 25.6 Å². The van der Waals surface area contributed by atoms with Gasteiger partial charge >= 0.3 is 6.09 Å². The predicted molar refractivity (Wildman–Crippen MR) is 94.2 cm³/mol. The smallest absolute Gasteiger partial charge is 0.410 e. The lowest BCUT2D eigenvalue weighted by atomic mass is 9.97. The van der Waals surface area contributed by atoms with Gasteiger partial charge in [-0.2, -0.15) is 0 Å². The molecule has 8 heteroatoms. The van der Waals surface area contributed by atoms with Gasteiger partial charge in [0.2, 0.25) is 0 Å². The van der Waals surface area contributed by atoms with E-state index >= 15 is 0 Å². The first-order valence-corrected chi connectivity index (χ1v) is 8.35. The fraction of sp³-hybridized carbons (Fsp3) is 0.588. The van der Waals surface area contributed by atoms with E-state index in [1.165, 1.54) is 12.1 Å². The Kier molecular flexibility index (Phi) is 6.09. The maximum atomic E-state index is 13.9. The minimum absolute atomic E-state index is 0.217. The molecule has 1 saturated heterocycles. The van der Waals surface area contributed by atoms with Gasteiger partial charge in [-0.3, -0.25) is 0 Å². The average Bonchev–Trinajstić information content (AvgIpc) is 2.53. The van der Waals surface area contributed by atoms with Crippen molar-refractivity contribution in [1.29, 1.82) is 0 Å². The highest BCUT2D eigenvalue weighted by Crippen LogP contribution is 2.29. The molecule has 0 radical (unpaired) electrons. The molecule has 1 aliphatic heterocycles. The summed E-state index contributed by atoms with van der Waals surface area (Å²) in [6, 6.07) is 4.39. The van der Waals surface area contributed by atoms with Gasteiger partial charge in [0.25, 0.3) is 0 Å². The number of piperidine rings is 1. The zero-order valence-electron chi connectivity index (χ0n) is 14.8. The molecule has 1 fully saturated rings. The van der Waals surface area contributed by atoms with E-state index in [-0.39, 0.29) is 17.5 Å². The van der Waals surface area contributed by atoms with Crippen LogP contribution in [0.3, 0.4) is 0 Å².